The third-order valence-corrected chi connectivity index (χ3v) is 2.33. The molecule has 0 aromatic carbocycles. The number of anilines is 1. The Labute approximate surface area is 105 Å². The van der Waals surface area contributed by atoms with Gasteiger partial charge in [-0.2, -0.15) is 0 Å². The Balaban J connectivity index is 2.35. The smallest absolute Gasteiger partial charge is 0.246 e. The summed E-state index contributed by atoms with van der Waals surface area (Å²) in [5.74, 6) is -0.478. The fourth-order valence-corrected chi connectivity index (χ4v) is 1.19. The van der Waals surface area contributed by atoms with Crippen molar-refractivity contribution in [3.63, 3.8) is 0 Å². The van der Waals surface area contributed by atoms with Crippen LogP contribution in [0.25, 0.3) is 0 Å². The Morgan fingerprint density at radius 2 is 2.17 bits per heavy atom. The molecule has 0 unspecified atom stereocenters. The fraction of sp³-hybridized carbons (Fsp3) is 0.545. The fourth-order valence-electron chi connectivity index (χ4n) is 1.19. The summed E-state index contributed by atoms with van der Waals surface area (Å²) in [5, 5.41) is 8.53. The lowest BCUT2D eigenvalue weighted by atomic mass is 10.1. The number of nitrogens with zero attached hydrogens (tertiary/aromatic N) is 1. The molecular formula is C11H18N4O3. The van der Waals surface area contributed by atoms with Gasteiger partial charge in [-0.05, 0) is 12.8 Å². The monoisotopic (exact) mass is 254 g/mol. The van der Waals surface area contributed by atoms with Crippen molar-refractivity contribution in [1.82, 2.24) is 10.5 Å². The second kappa shape index (κ2) is 6.15. The first-order chi connectivity index (χ1) is 8.40. The number of amides is 2. The van der Waals surface area contributed by atoms with E-state index in [2.05, 4.69) is 15.8 Å². The van der Waals surface area contributed by atoms with Crippen LogP contribution in [0.15, 0.2) is 10.6 Å². The maximum atomic E-state index is 11.5. The van der Waals surface area contributed by atoms with Gasteiger partial charge in [0.15, 0.2) is 0 Å². The zero-order valence-electron chi connectivity index (χ0n) is 10.7. The van der Waals surface area contributed by atoms with Crippen LogP contribution in [0, 0.1) is 12.8 Å². The van der Waals surface area contributed by atoms with Crippen LogP contribution < -0.4 is 16.4 Å². The summed E-state index contributed by atoms with van der Waals surface area (Å²) >= 11 is 0. The van der Waals surface area contributed by atoms with Crippen LogP contribution >= 0.6 is 0 Å². The molecule has 4 N–H and O–H groups in total. The van der Waals surface area contributed by atoms with Gasteiger partial charge < -0.3 is 15.6 Å². The third kappa shape index (κ3) is 4.17. The summed E-state index contributed by atoms with van der Waals surface area (Å²) < 4.78 is 4.81. The molecule has 0 bridgehead atoms. The molecular weight excluding hydrogens is 236 g/mol. The van der Waals surface area contributed by atoms with Gasteiger partial charge in [0.25, 0.3) is 0 Å². The second-order valence-corrected chi connectivity index (χ2v) is 4.37. The number of carbonyl (C=O) groups excluding carboxylic acids is 2. The summed E-state index contributed by atoms with van der Waals surface area (Å²) in [6, 6.07) is 0.963. The highest BCUT2D eigenvalue weighted by Gasteiger charge is 2.17. The average Bonchev–Trinajstić information content (AvgIpc) is 2.70. The number of hydrogen-bond acceptors (Lipinski definition) is 5. The van der Waals surface area contributed by atoms with Gasteiger partial charge in [0.05, 0.1) is 18.3 Å². The van der Waals surface area contributed by atoms with Gasteiger partial charge in [0.2, 0.25) is 17.7 Å². The van der Waals surface area contributed by atoms with Crippen LogP contribution in [-0.2, 0) is 9.59 Å². The molecule has 1 aromatic heterocycles. The van der Waals surface area contributed by atoms with E-state index in [1.165, 1.54) is 0 Å². The average molecular weight is 254 g/mol. The van der Waals surface area contributed by atoms with E-state index in [0.29, 0.717) is 5.69 Å². The summed E-state index contributed by atoms with van der Waals surface area (Å²) in [7, 11) is 0. The van der Waals surface area contributed by atoms with E-state index in [1.807, 2.05) is 13.8 Å². The Morgan fingerprint density at radius 3 is 2.67 bits per heavy atom. The first kappa shape index (κ1) is 14.2. The van der Waals surface area contributed by atoms with Crippen molar-refractivity contribution in [2.75, 3.05) is 11.9 Å². The van der Waals surface area contributed by atoms with Crippen molar-refractivity contribution in [1.29, 1.82) is 0 Å². The predicted octanol–water partition coefficient (Wildman–Crippen LogP) is 0.0210. The molecule has 0 fully saturated rings. The molecule has 1 rings (SSSR count). The van der Waals surface area contributed by atoms with E-state index in [1.54, 1.807) is 13.0 Å². The van der Waals surface area contributed by atoms with Gasteiger partial charge in [-0.15, -0.1) is 0 Å². The van der Waals surface area contributed by atoms with E-state index < -0.39 is 11.9 Å². The topological polar surface area (TPSA) is 110 Å². The van der Waals surface area contributed by atoms with Crippen molar-refractivity contribution in [3.8, 4) is 0 Å². The molecule has 0 saturated heterocycles. The number of aromatic nitrogens is 1. The van der Waals surface area contributed by atoms with Crippen LogP contribution in [0.3, 0.4) is 0 Å². The Morgan fingerprint density at radius 1 is 1.50 bits per heavy atom. The second-order valence-electron chi connectivity index (χ2n) is 4.37. The number of carbonyl (C=O) groups is 2. The third-order valence-electron chi connectivity index (χ3n) is 2.33. The van der Waals surface area contributed by atoms with Gasteiger partial charge in [0.1, 0.15) is 0 Å². The molecule has 7 heteroatoms. The van der Waals surface area contributed by atoms with Crippen molar-refractivity contribution in [3.05, 3.63) is 11.8 Å². The molecule has 7 nitrogen and oxygen atoms in total. The molecule has 18 heavy (non-hydrogen) atoms. The molecule has 1 heterocycles. The Bertz CT molecular complexity index is 428. The van der Waals surface area contributed by atoms with Gasteiger partial charge >= 0.3 is 0 Å². The predicted molar refractivity (Wildman–Crippen MR) is 65.7 cm³/mol. The van der Waals surface area contributed by atoms with Gasteiger partial charge in [0, 0.05) is 6.07 Å². The van der Waals surface area contributed by atoms with Crippen LogP contribution in [0.2, 0.25) is 0 Å². The quantitative estimate of drug-likeness (QED) is 0.686. The molecule has 0 aliphatic heterocycles. The molecule has 0 aliphatic carbocycles. The lowest BCUT2D eigenvalue weighted by Gasteiger charge is -2.14. The van der Waals surface area contributed by atoms with Crippen LogP contribution in [0.1, 0.15) is 19.5 Å². The first-order valence-electron chi connectivity index (χ1n) is 5.66. The number of aryl methyl sites for hydroxylation is 1. The van der Waals surface area contributed by atoms with Crippen molar-refractivity contribution in [2.45, 2.75) is 26.8 Å². The lowest BCUT2D eigenvalue weighted by molar-refractivity contribution is -0.125. The van der Waals surface area contributed by atoms with Crippen LogP contribution in [0.5, 0.6) is 0 Å². The zero-order chi connectivity index (χ0) is 13.7. The SMILES string of the molecule is Cc1cc(NC(=O)CNC(=O)[C@@H](N)C(C)C)on1. The van der Waals surface area contributed by atoms with Crippen LogP contribution in [-0.4, -0.2) is 29.6 Å². The number of hydrogen-bond donors (Lipinski definition) is 3. The largest absolute Gasteiger partial charge is 0.346 e. The number of rotatable bonds is 5. The molecule has 0 saturated carbocycles. The normalized spacial score (nSPS) is 12.3. The van der Waals surface area contributed by atoms with Crippen molar-refractivity contribution >= 4 is 17.7 Å². The van der Waals surface area contributed by atoms with E-state index in [9.17, 15) is 9.59 Å². The minimum Gasteiger partial charge on any atom is -0.346 e. The summed E-state index contributed by atoms with van der Waals surface area (Å²) in [4.78, 5) is 23.0. The molecule has 0 radical (unpaired) electrons. The summed E-state index contributed by atoms with van der Waals surface area (Å²) in [6.07, 6.45) is 0. The highest BCUT2D eigenvalue weighted by atomic mass is 16.5. The number of nitrogens with one attached hydrogen (secondary N) is 2. The van der Waals surface area contributed by atoms with E-state index in [0.717, 1.165) is 0 Å². The summed E-state index contributed by atoms with van der Waals surface area (Å²) in [5.41, 5.74) is 6.29. The Kier molecular flexibility index (Phi) is 4.85. The molecule has 1 aromatic rings. The minimum absolute atomic E-state index is 0.0185. The highest BCUT2D eigenvalue weighted by Crippen LogP contribution is 2.07. The van der Waals surface area contributed by atoms with Crippen molar-refractivity contribution in [2.24, 2.45) is 11.7 Å². The molecule has 100 valence electrons. The zero-order valence-corrected chi connectivity index (χ0v) is 10.7. The molecule has 0 aliphatic rings. The van der Waals surface area contributed by atoms with Gasteiger partial charge in [-0.25, -0.2) is 0 Å². The lowest BCUT2D eigenvalue weighted by Crippen LogP contribution is -2.46. The van der Waals surface area contributed by atoms with E-state index >= 15 is 0 Å². The maximum Gasteiger partial charge on any atom is 0.246 e. The maximum absolute atomic E-state index is 11.5. The Hall–Kier alpha value is -1.89. The van der Waals surface area contributed by atoms with E-state index in [-0.39, 0.29) is 24.3 Å². The molecule has 1 atom stereocenters. The van der Waals surface area contributed by atoms with Crippen LogP contribution in [0.4, 0.5) is 5.88 Å². The van der Waals surface area contributed by atoms with E-state index in [4.69, 9.17) is 10.3 Å². The molecule has 2 amide bonds. The highest BCUT2D eigenvalue weighted by molar-refractivity contribution is 5.94. The minimum atomic E-state index is -0.620. The van der Waals surface area contributed by atoms with Crippen molar-refractivity contribution < 1.29 is 14.1 Å². The first-order valence-corrected chi connectivity index (χ1v) is 5.66. The van der Waals surface area contributed by atoms with Gasteiger partial charge in [-0.1, -0.05) is 19.0 Å². The summed E-state index contributed by atoms with van der Waals surface area (Å²) in [6.45, 7) is 5.25. The molecule has 0 spiro atoms. The standard InChI is InChI=1S/C11H18N4O3/c1-6(2)10(12)11(17)13-5-8(16)14-9-4-7(3)15-18-9/h4,6,10H,5,12H2,1-3H3,(H,13,17)(H,14,16)/t10-/m0/s1. The number of nitrogens with two attached hydrogens (primary N) is 1. The van der Waals surface area contributed by atoms with Gasteiger partial charge in [-0.3, -0.25) is 14.9 Å².